The van der Waals surface area contributed by atoms with Crippen LogP contribution < -0.4 is 0 Å². The van der Waals surface area contributed by atoms with Crippen LogP contribution in [0, 0.1) is 0 Å². The number of aromatic carboxylic acids is 1. The zero-order valence-corrected chi connectivity index (χ0v) is 11.7. The fraction of sp³-hybridized carbons (Fsp3) is 0.182. The molecule has 0 bridgehead atoms. The Morgan fingerprint density at radius 2 is 1.94 bits per heavy atom. The SMILES string of the molecule is C=C(C)CS(=O)(=O)c1cc(Cl)cc(C(=O)O)c1Cl. The number of carbonyl (C=O) groups is 1. The van der Waals surface area contributed by atoms with Crippen molar-refractivity contribution in [3.63, 3.8) is 0 Å². The van der Waals surface area contributed by atoms with E-state index in [1.165, 1.54) is 0 Å². The van der Waals surface area contributed by atoms with Gasteiger partial charge < -0.3 is 5.11 Å². The van der Waals surface area contributed by atoms with Crippen LogP contribution in [-0.4, -0.2) is 25.2 Å². The summed E-state index contributed by atoms with van der Waals surface area (Å²) in [5.41, 5.74) is 0.0763. The summed E-state index contributed by atoms with van der Waals surface area (Å²) in [6.07, 6.45) is 0. The first kappa shape index (κ1) is 15.0. The highest BCUT2D eigenvalue weighted by Crippen LogP contribution is 2.30. The number of halogens is 2. The molecule has 0 aromatic heterocycles. The molecule has 0 spiro atoms. The van der Waals surface area contributed by atoms with Crippen LogP contribution in [0.15, 0.2) is 29.2 Å². The van der Waals surface area contributed by atoms with Crippen molar-refractivity contribution in [3.05, 3.63) is 39.9 Å². The minimum Gasteiger partial charge on any atom is -0.478 e. The van der Waals surface area contributed by atoms with Crippen LogP contribution in [0.25, 0.3) is 0 Å². The maximum absolute atomic E-state index is 12.0. The standard InChI is InChI=1S/C11H10Cl2O4S/c1-6(2)5-18(16,17)9-4-7(12)3-8(10(9)13)11(14)15/h3-4H,1,5H2,2H3,(H,14,15). The summed E-state index contributed by atoms with van der Waals surface area (Å²) in [5, 5.41) is 8.56. The largest absolute Gasteiger partial charge is 0.478 e. The first-order valence-electron chi connectivity index (χ1n) is 4.74. The van der Waals surface area contributed by atoms with E-state index in [2.05, 4.69) is 6.58 Å². The van der Waals surface area contributed by atoms with Crippen molar-refractivity contribution in [1.82, 2.24) is 0 Å². The average Bonchev–Trinajstić information content (AvgIpc) is 2.18. The minimum absolute atomic E-state index is 0.00269. The van der Waals surface area contributed by atoms with E-state index in [-0.39, 0.29) is 26.3 Å². The van der Waals surface area contributed by atoms with Crippen molar-refractivity contribution in [3.8, 4) is 0 Å². The van der Waals surface area contributed by atoms with E-state index in [9.17, 15) is 13.2 Å². The molecule has 0 fully saturated rings. The summed E-state index contributed by atoms with van der Waals surface area (Å²) in [6, 6.07) is 2.24. The molecule has 0 aliphatic carbocycles. The molecule has 0 aliphatic rings. The Kier molecular flexibility index (Phi) is 4.42. The molecule has 7 heteroatoms. The Labute approximate surface area is 115 Å². The molecule has 1 N–H and O–H groups in total. The second kappa shape index (κ2) is 5.30. The highest BCUT2D eigenvalue weighted by Gasteiger charge is 2.23. The number of carboxylic acids is 1. The third-order valence-corrected chi connectivity index (χ3v) is 4.61. The lowest BCUT2D eigenvalue weighted by Gasteiger charge is -2.09. The van der Waals surface area contributed by atoms with Gasteiger partial charge in [0.05, 0.1) is 21.2 Å². The molecular formula is C11H10Cl2O4S. The van der Waals surface area contributed by atoms with Crippen LogP contribution in [0.3, 0.4) is 0 Å². The second-order valence-corrected chi connectivity index (χ2v) is 6.56. The van der Waals surface area contributed by atoms with Gasteiger partial charge in [-0.2, -0.15) is 0 Å². The van der Waals surface area contributed by atoms with Crippen molar-refractivity contribution in [2.75, 3.05) is 5.75 Å². The van der Waals surface area contributed by atoms with Gasteiger partial charge in [0.1, 0.15) is 0 Å². The molecule has 0 unspecified atom stereocenters. The van der Waals surface area contributed by atoms with Crippen LogP contribution in [-0.2, 0) is 9.84 Å². The fourth-order valence-electron chi connectivity index (χ4n) is 1.35. The zero-order chi connectivity index (χ0) is 14.1. The normalized spacial score (nSPS) is 11.3. The van der Waals surface area contributed by atoms with Gasteiger partial charge in [0.15, 0.2) is 9.84 Å². The maximum Gasteiger partial charge on any atom is 0.337 e. The molecule has 4 nitrogen and oxygen atoms in total. The number of hydrogen-bond acceptors (Lipinski definition) is 3. The summed E-state index contributed by atoms with van der Waals surface area (Å²) in [6.45, 7) is 5.05. The first-order chi connectivity index (χ1) is 8.15. The molecule has 0 radical (unpaired) electrons. The molecule has 0 amide bonds. The lowest BCUT2D eigenvalue weighted by molar-refractivity contribution is 0.0697. The van der Waals surface area contributed by atoms with Crippen molar-refractivity contribution in [2.24, 2.45) is 0 Å². The highest BCUT2D eigenvalue weighted by molar-refractivity contribution is 7.91. The number of sulfone groups is 1. The Bertz CT molecular complexity index is 620. The van der Waals surface area contributed by atoms with Crippen LogP contribution >= 0.6 is 23.2 Å². The van der Waals surface area contributed by atoms with Crippen molar-refractivity contribution >= 4 is 39.0 Å². The molecule has 1 aromatic rings. The monoisotopic (exact) mass is 308 g/mol. The van der Waals surface area contributed by atoms with E-state index in [1.807, 2.05) is 0 Å². The predicted octanol–water partition coefficient (Wildman–Crippen LogP) is 3.04. The van der Waals surface area contributed by atoms with E-state index >= 15 is 0 Å². The van der Waals surface area contributed by atoms with Crippen molar-refractivity contribution in [2.45, 2.75) is 11.8 Å². The summed E-state index contributed by atoms with van der Waals surface area (Å²) >= 11 is 11.5. The van der Waals surface area contributed by atoms with E-state index in [4.69, 9.17) is 28.3 Å². The van der Waals surface area contributed by atoms with Crippen LogP contribution in [0.5, 0.6) is 0 Å². The van der Waals surface area contributed by atoms with Gasteiger partial charge in [-0.05, 0) is 19.1 Å². The Morgan fingerprint density at radius 3 is 2.39 bits per heavy atom. The van der Waals surface area contributed by atoms with E-state index in [0.717, 1.165) is 12.1 Å². The third-order valence-electron chi connectivity index (χ3n) is 2.01. The van der Waals surface area contributed by atoms with Gasteiger partial charge in [-0.3, -0.25) is 0 Å². The molecule has 18 heavy (non-hydrogen) atoms. The quantitative estimate of drug-likeness (QED) is 0.868. The topological polar surface area (TPSA) is 71.4 Å². The second-order valence-electron chi connectivity index (χ2n) is 3.79. The maximum atomic E-state index is 12.0. The fourth-order valence-corrected chi connectivity index (χ4v) is 3.67. The molecule has 1 aromatic carbocycles. The molecule has 1 rings (SSSR count). The summed E-state index contributed by atoms with van der Waals surface area (Å²) < 4.78 is 24.0. The Hall–Kier alpha value is -1.04. The molecule has 0 saturated heterocycles. The molecule has 0 atom stereocenters. The number of hydrogen-bond donors (Lipinski definition) is 1. The van der Waals surface area contributed by atoms with Gasteiger partial charge in [0, 0.05) is 5.02 Å². The van der Waals surface area contributed by atoms with Crippen LogP contribution in [0.4, 0.5) is 0 Å². The minimum atomic E-state index is -3.75. The number of carboxylic acid groups (broad SMARTS) is 1. The van der Waals surface area contributed by atoms with Crippen molar-refractivity contribution in [1.29, 1.82) is 0 Å². The van der Waals surface area contributed by atoms with Gasteiger partial charge in [-0.25, -0.2) is 13.2 Å². The lowest BCUT2D eigenvalue weighted by Crippen LogP contribution is -2.10. The molecule has 0 aliphatic heterocycles. The first-order valence-corrected chi connectivity index (χ1v) is 7.15. The Balaban J connectivity index is 3.51. The van der Waals surface area contributed by atoms with E-state index < -0.39 is 15.8 Å². The highest BCUT2D eigenvalue weighted by atomic mass is 35.5. The average molecular weight is 309 g/mol. The van der Waals surface area contributed by atoms with Gasteiger partial charge in [0.25, 0.3) is 0 Å². The zero-order valence-electron chi connectivity index (χ0n) is 9.41. The third kappa shape index (κ3) is 3.25. The number of rotatable bonds is 4. The predicted molar refractivity (Wildman–Crippen MR) is 70.3 cm³/mol. The van der Waals surface area contributed by atoms with Crippen molar-refractivity contribution < 1.29 is 18.3 Å². The molecule has 0 heterocycles. The van der Waals surface area contributed by atoms with Gasteiger partial charge >= 0.3 is 5.97 Å². The van der Waals surface area contributed by atoms with Gasteiger partial charge in [0.2, 0.25) is 0 Å². The van der Waals surface area contributed by atoms with Crippen LogP contribution in [0.1, 0.15) is 17.3 Å². The van der Waals surface area contributed by atoms with Crippen LogP contribution in [0.2, 0.25) is 10.0 Å². The Morgan fingerprint density at radius 1 is 1.39 bits per heavy atom. The summed E-state index contributed by atoms with van der Waals surface area (Å²) in [4.78, 5) is 10.6. The van der Waals surface area contributed by atoms with Gasteiger partial charge in [-0.1, -0.05) is 35.4 Å². The summed E-state index contributed by atoms with van der Waals surface area (Å²) in [7, 11) is -3.75. The molecule has 98 valence electrons. The van der Waals surface area contributed by atoms with E-state index in [1.54, 1.807) is 6.92 Å². The smallest absolute Gasteiger partial charge is 0.337 e. The molecule has 0 saturated carbocycles. The lowest BCUT2D eigenvalue weighted by atomic mass is 10.2. The molecular weight excluding hydrogens is 299 g/mol. The summed E-state index contributed by atoms with van der Waals surface area (Å²) in [5.74, 6) is -1.65. The number of benzene rings is 1. The van der Waals surface area contributed by atoms with E-state index in [0.29, 0.717) is 5.57 Å². The van der Waals surface area contributed by atoms with Gasteiger partial charge in [-0.15, -0.1) is 0 Å².